The fourth-order valence-corrected chi connectivity index (χ4v) is 5.05. The van der Waals surface area contributed by atoms with Crippen molar-refractivity contribution in [3.05, 3.63) is 68.6 Å². The molecule has 5 rings (SSSR count). The number of halogens is 1. The molecule has 7 nitrogen and oxygen atoms in total. The number of fused-ring (bicyclic) bond motifs is 1. The van der Waals surface area contributed by atoms with Crippen LogP contribution in [0.4, 0.5) is 10.1 Å². The van der Waals surface area contributed by atoms with E-state index in [0.29, 0.717) is 30.8 Å². The Labute approximate surface area is 184 Å². The maximum Gasteiger partial charge on any atom is 0.329 e. The van der Waals surface area contributed by atoms with E-state index in [4.69, 9.17) is 10.5 Å². The Morgan fingerprint density at radius 2 is 2.00 bits per heavy atom. The zero-order valence-electron chi connectivity index (χ0n) is 18.1. The fourth-order valence-electron chi connectivity index (χ4n) is 5.05. The van der Waals surface area contributed by atoms with Crippen LogP contribution in [0.15, 0.2) is 46.0 Å². The third-order valence-corrected chi connectivity index (χ3v) is 6.83. The van der Waals surface area contributed by atoms with Crippen LogP contribution in [-0.4, -0.2) is 36.3 Å². The lowest BCUT2D eigenvalue weighted by molar-refractivity contribution is 0.336. The molecular weight excluding hydrogens is 411 g/mol. The minimum atomic E-state index is -0.604. The highest BCUT2D eigenvalue weighted by molar-refractivity contribution is 5.91. The van der Waals surface area contributed by atoms with Crippen molar-refractivity contribution in [2.75, 3.05) is 31.6 Å². The topological polar surface area (TPSA) is 93.3 Å². The van der Waals surface area contributed by atoms with Gasteiger partial charge in [-0.15, -0.1) is 0 Å². The number of anilines is 1. The van der Waals surface area contributed by atoms with Crippen LogP contribution >= 0.6 is 0 Å². The van der Waals surface area contributed by atoms with Gasteiger partial charge in [0.25, 0.3) is 5.56 Å². The average Bonchev–Trinajstić information content (AvgIpc) is 3.54. The maximum absolute atomic E-state index is 15.4. The summed E-state index contributed by atoms with van der Waals surface area (Å²) in [5, 5.41) is 0.128. The van der Waals surface area contributed by atoms with Gasteiger partial charge in [-0.1, -0.05) is 30.3 Å². The third kappa shape index (κ3) is 3.39. The van der Waals surface area contributed by atoms with E-state index in [1.165, 1.54) is 18.7 Å². The second-order valence-electron chi connectivity index (χ2n) is 9.03. The van der Waals surface area contributed by atoms with Gasteiger partial charge in [0.1, 0.15) is 11.2 Å². The molecule has 1 aromatic heterocycles. The summed E-state index contributed by atoms with van der Waals surface area (Å²) in [6.07, 6.45) is 3.29. The molecule has 2 heterocycles. The summed E-state index contributed by atoms with van der Waals surface area (Å²) in [6, 6.07) is 11.4. The third-order valence-electron chi connectivity index (χ3n) is 6.83. The Bertz CT molecular complexity index is 1280. The minimum absolute atomic E-state index is 0.00569. The van der Waals surface area contributed by atoms with Crippen LogP contribution in [-0.2, 0) is 6.42 Å². The highest BCUT2D eigenvalue weighted by atomic mass is 19.1. The van der Waals surface area contributed by atoms with Gasteiger partial charge in [0.15, 0.2) is 11.6 Å². The molecule has 1 aliphatic heterocycles. The smallest absolute Gasteiger partial charge is 0.329 e. The molecule has 0 amide bonds. The van der Waals surface area contributed by atoms with Crippen LogP contribution in [0.5, 0.6) is 5.75 Å². The van der Waals surface area contributed by atoms with Gasteiger partial charge in [-0.3, -0.25) is 14.3 Å². The number of aromatic nitrogens is 2. The molecule has 2 aromatic carbocycles. The monoisotopic (exact) mass is 438 g/mol. The number of methoxy groups -OCH3 is 1. The number of aromatic amines is 1. The highest BCUT2D eigenvalue weighted by Crippen LogP contribution is 2.45. The van der Waals surface area contributed by atoms with Crippen molar-refractivity contribution in [3.8, 4) is 5.75 Å². The summed E-state index contributed by atoms with van der Waals surface area (Å²) in [5.41, 5.74) is 6.80. The molecule has 0 spiro atoms. The quantitative estimate of drug-likeness (QED) is 0.617. The van der Waals surface area contributed by atoms with Crippen LogP contribution < -0.4 is 26.6 Å². The van der Waals surface area contributed by atoms with E-state index in [1.54, 1.807) is 4.57 Å². The first-order valence-electron chi connectivity index (χ1n) is 11.0. The number of rotatable bonds is 6. The Kier molecular flexibility index (Phi) is 5.04. The van der Waals surface area contributed by atoms with Crippen molar-refractivity contribution in [1.82, 2.24) is 9.55 Å². The van der Waals surface area contributed by atoms with Crippen LogP contribution in [0.3, 0.4) is 0 Å². The van der Waals surface area contributed by atoms with Gasteiger partial charge in [0.05, 0.1) is 12.5 Å². The molecule has 2 fully saturated rings. The lowest BCUT2D eigenvalue weighted by Gasteiger charge is -2.29. The van der Waals surface area contributed by atoms with Crippen LogP contribution in [0, 0.1) is 11.2 Å². The summed E-state index contributed by atoms with van der Waals surface area (Å²) >= 11 is 0. The van der Waals surface area contributed by atoms with Crippen molar-refractivity contribution in [3.63, 3.8) is 0 Å². The Balaban J connectivity index is 1.62. The van der Waals surface area contributed by atoms with E-state index >= 15 is 4.39 Å². The Morgan fingerprint density at radius 3 is 2.66 bits per heavy atom. The molecule has 0 radical (unpaired) electrons. The van der Waals surface area contributed by atoms with E-state index in [0.717, 1.165) is 25.7 Å². The lowest BCUT2D eigenvalue weighted by Crippen LogP contribution is -2.36. The van der Waals surface area contributed by atoms with Crippen LogP contribution in [0.2, 0.25) is 0 Å². The first-order chi connectivity index (χ1) is 15.5. The summed E-state index contributed by atoms with van der Waals surface area (Å²) in [7, 11) is 1.46. The molecular formula is C24H27FN4O3. The second-order valence-corrected chi connectivity index (χ2v) is 9.03. The number of nitrogens with one attached hydrogen (secondary N) is 1. The number of ether oxygens (including phenoxy) is 1. The van der Waals surface area contributed by atoms with Crippen molar-refractivity contribution in [1.29, 1.82) is 0 Å². The molecule has 0 bridgehead atoms. The van der Waals surface area contributed by atoms with E-state index in [-0.39, 0.29) is 22.6 Å². The molecule has 1 unspecified atom stereocenters. The number of hydrogen-bond acceptors (Lipinski definition) is 5. The first-order valence-corrected chi connectivity index (χ1v) is 11.0. The van der Waals surface area contributed by atoms with Crippen LogP contribution in [0.25, 0.3) is 10.9 Å². The number of H-pyrrole nitrogens is 1. The van der Waals surface area contributed by atoms with Gasteiger partial charge in [-0.25, -0.2) is 9.18 Å². The number of nitrogens with two attached hydrogens (primary N) is 1. The predicted octanol–water partition coefficient (Wildman–Crippen LogP) is 2.57. The number of benzene rings is 2. The fraction of sp³-hybridized carbons (Fsp3) is 0.417. The van der Waals surface area contributed by atoms with Crippen molar-refractivity contribution >= 4 is 16.6 Å². The van der Waals surface area contributed by atoms with E-state index in [1.807, 2.05) is 23.1 Å². The zero-order valence-corrected chi connectivity index (χ0v) is 18.1. The SMILES string of the molecule is COc1c(N2CCC(CN)(Cc3ccccc3)C2)c(F)cc2c(=O)[nH]c(=O)n(C3CC3)c12. The first kappa shape index (κ1) is 20.8. The normalized spacial score (nSPS) is 20.8. The summed E-state index contributed by atoms with van der Waals surface area (Å²) in [4.78, 5) is 29.4. The van der Waals surface area contributed by atoms with Crippen molar-refractivity contribution in [2.24, 2.45) is 11.1 Å². The van der Waals surface area contributed by atoms with Gasteiger partial charge in [0.2, 0.25) is 0 Å². The van der Waals surface area contributed by atoms with Crippen molar-refractivity contribution in [2.45, 2.75) is 31.7 Å². The van der Waals surface area contributed by atoms with E-state index in [9.17, 15) is 9.59 Å². The van der Waals surface area contributed by atoms with Gasteiger partial charge in [-0.05, 0) is 37.3 Å². The summed E-state index contributed by atoms with van der Waals surface area (Å²) < 4.78 is 22.7. The van der Waals surface area contributed by atoms with E-state index in [2.05, 4.69) is 17.1 Å². The van der Waals surface area contributed by atoms with Gasteiger partial charge < -0.3 is 15.4 Å². The molecule has 1 saturated carbocycles. The van der Waals surface area contributed by atoms with Gasteiger partial charge >= 0.3 is 5.69 Å². The predicted molar refractivity (Wildman–Crippen MR) is 122 cm³/mol. The average molecular weight is 439 g/mol. The standard InChI is InChI=1S/C24H27FN4O3/c1-32-21-19-17(22(30)27-23(31)29(19)16-7-8-16)11-18(25)20(21)28-10-9-24(13-26,14-28)12-15-5-3-2-4-6-15/h2-6,11,16H,7-10,12-14,26H2,1H3,(H,27,30,31). The molecule has 1 saturated heterocycles. The summed E-state index contributed by atoms with van der Waals surface area (Å²) in [6.45, 7) is 1.65. The molecule has 1 aliphatic carbocycles. The Hall–Kier alpha value is -3.13. The number of hydrogen-bond donors (Lipinski definition) is 2. The second kappa shape index (κ2) is 7.78. The van der Waals surface area contributed by atoms with E-state index < -0.39 is 17.1 Å². The van der Waals surface area contributed by atoms with Gasteiger partial charge in [-0.2, -0.15) is 0 Å². The molecule has 3 aromatic rings. The molecule has 3 N–H and O–H groups in total. The lowest BCUT2D eigenvalue weighted by atomic mass is 9.81. The zero-order chi connectivity index (χ0) is 22.5. The van der Waals surface area contributed by atoms with Gasteiger partial charge in [0, 0.05) is 31.1 Å². The maximum atomic E-state index is 15.4. The largest absolute Gasteiger partial charge is 0.492 e. The minimum Gasteiger partial charge on any atom is -0.492 e. The summed E-state index contributed by atoms with van der Waals surface area (Å²) in [5.74, 6) is -0.295. The molecule has 8 heteroatoms. The van der Waals surface area contributed by atoms with Crippen molar-refractivity contribution < 1.29 is 9.13 Å². The number of nitrogens with zero attached hydrogens (tertiary/aromatic N) is 2. The molecule has 32 heavy (non-hydrogen) atoms. The van der Waals surface area contributed by atoms with Crippen LogP contribution in [0.1, 0.15) is 30.9 Å². The highest BCUT2D eigenvalue weighted by Gasteiger charge is 2.40. The molecule has 1 atom stereocenters. The molecule has 2 aliphatic rings. The molecule has 168 valence electrons. The Morgan fingerprint density at radius 1 is 1.25 bits per heavy atom.